The van der Waals surface area contributed by atoms with Crippen LogP contribution in [0.4, 0.5) is 0 Å². The highest BCUT2D eigenvalue weighted by Crippen LogP contribution is 2.39. The van der Waals surface area contributed by atoms with Crippen LogP contribution in [0.2, 0.25) is 0 Å². The Balaban J connectivity index is 2.02. The van der Waals surface area contributed by atoms with Crippen LogP contribution < -0.4 is 4.74 Å². The number of aliphatic hydroxyl groups is 1. The molecule has 2 nitrogen and oxygen atoms in total. The fourth-order valence-electron chi connectivity index (χ4n) is 3.00. The maximum absolute atomic E-state index is 10.2. The van der Waals surface area contributed by atoms with Gasteiger partial charge in [0.1, 0.15) is 11.9 Å². The van der Waals surface area contributed by atoms with Crippen molar-refractivity contribution >= 4 is 0 Å². The number of hydrogen-bond donors (Lipinski definition) is 1. The Labute approximate surface area is 123 Å². The Morgan fingerprint density at radius 3 is 2.35 bits per heavy atom. The van der Waals surface area contributed by atoms with Crippen molar-refractivity contribution in [2.24, 2.45) is 11.3 Å². The van der Waals surface area contributed by atoms with E-state index in [0.29, 0.717) is 5.92 Å². The molecule has 0 amide bonds. The molecule has 2 rings (SSSR count). The summed E-state index contributed by atoms with van der Waals surface area (Å²) in [6, 6.07) is 8.25. The van der Waals surface area contributed by atoms with Gasteiger partial charge in [-0.1, -0.05) is 39.8 Å². The molecule has 0 saturated heterocycles. The molecule has 0 radical (unpaired) electrons. The van der Waals surface area contributed by atoms with Crippen molar-refractivity contribution in [2.75, 3.05) is 0 Å². The molecule has 0 heterocycles. The van der Waals surface area contributed by atoms with Gasteiger partial charge < -0.3 is 9.84 Å². The van der Waals surface area contributed by atoms with Crippen molar-refractivity contribution in [2.45, 2.75) is 65.6 Å². The largest absolute Gasteiger partial charge is 0.488 e. The minimum atomic E-state index is -0.334. The topological polar surface area (TPSA) is 29.5 Å². The average Bonchev–Trinajstić information content (AvgIpc) is 2.41. The minimum Gasteiger partial charge on any atom is -0.488 e. The number of hydrogen-bond acceptors (Lipinski definition) is 2. The molecule has 1 aliphatic rings. The second-order valence-electron chi connectivity index (χ2n) is 7.10. The van der Waals surface area contributed by atoms with Crippen LogP contribution in [-0.4, -0.2) is 17.3 Å². The van der Waals surface area contributed by atoms with Crippen LogP contribution in [0.3, 0.4) is 0 Å². The highest BCUT2D eigenvalue weighted by atomic mass is 16.5. The van der Waals surface area contributed by atoms with Crippen LogP contribution in [0.5, 0.6) is 5.75 Å². The number of aryl methyl sites for hydroxylation is 1. The Bertz CT molecular complexity index is 416. The Morgan fingerprint density at radius 1 is 1.15 bits per heavy atom. The molecular formula is C18H28O2. The van der Waals surface area contributed by atoms with Crippen molar-refractivity contribution in [3.63, 3.8) is 0 Å². The van der Waals surface area contributed by atoms with Crippen LogP contribution in [0, 0.1) is 11.3 Å². The lowest BCUT2D eigenvalue weighted by molar-refractivity contribution is -0.0297. The Morgan fingerprint density at radius 2 is 1.80 bits per heavy atom. The first kappa shape index (κ1) is 15.4. The lowest BCUT2D eigenvalue weighted by Crippen LogP contribution is -2.41. The van der Waals surface area contributed by atoms with E-state index in [1.165, 1.54) is 5.56 Å². The number of ether oxygens (including phenoxy) is 1. The molecule has 0 aliphatic heterocycles. The zero-order valence-corrected chi connectivity index (χ0v) is 13.2. The fraction of sp³-hybridized carbons (Fsp3) is 0.667. The maximum Gasteiger partial charge on any atom is 0.125 e. The molecule has 0 spiro atoms. The zero-order chi connectivity index (χ0) is 14.8. The molecule has 1 aromatic rings. The SMILES string of the molecule is CCc1ccc(OC2CC(C(C)(C)C)CCC2O)cc1. The van der Waals surface area contributed by atoms with E-state index in [9.17, 15) is 5.11 Å². The van der Waals surface area contributed by atoms with Crippen molar-refractivity contribution in [3.8, 4) is 5.75 Å². The summed E-state index contributed by atoms with van der Waals surface area (Å²) in [6.07, 6.45) is 3.53. The molecule has 112 valence electrons. The van der Waals surface area contributed by atoms with Crippen LogP contribution in [-0.2, 0) is 6.42 Å². The summed E-state index contributed by atoms with van der Waals surface area (Å²) in [5, 5.41) is 10.2. The van der Waals surface area contributed by atoms with Gasteiger partial charge in [0, 0.05) is 0 Å². The van der Waals surface area contributed by atoms with Crippen LogP contribution in [0.15, 0.2) is 24.3 Å². The normalized spacial score (nSPS) is 27.4. The third-order valence-corrected chi connectivity index (χ3v) is 4.60. The molecule has 0 aromatic heterocycles. The molecule has 1 saturated carbocycles. The molecular weight excluding hydrogens is 248 g/mol. The van der Waals surface area contributed by atoms with Gasteiger partial charge in [0.25, 0.3) is 0 Å². The Kier molecular flexibility index (Phi) is 4.74. The van der Waals surface area contributed by atoms with E-state index in [4.69, 9.17) is 4.74 Å². The number of benzene rings is 1. The first-order valence-electron chi connectivity index (χ1n) is 7.84. The second-order valence-corrected chi connectivity index (χ2v) is 7.10. The summed E-state index contributed by atoms with van der Waals surface area (Å²) in [5.74, 6) is 1.49. The lowest BCUT2D eigenvalue weighted by Gasteiger charge is -2.40. The van der Waals surface area contributed by atoms with Crippen molar-refractivity contribution in [1.82, 2.24) is 0 Å². The van der Waals surface area contributed by atoms with E-state index in [2.05, 4.69) is 39.8 Å². The van der Waals surface area contributed by atoms with Gasteiger partial charge in [-0.25, -0.2) is 0 Å². The van der Waals surface area contributed by atoms with Gasteiger partial charge in [-0.2, -0.15) is 0 Å². The molecule has 20 heavy (non-hydrogen) atoms. The minimum absolute atomic E-state index is 0.0690. The molecule has 0 bridgehead atoms. The average molecular weight is 276 g/mol. The summed E-state index contributed by atoms with van der Waals surface area (Å²) in [7, 11) is 0. The fourth-order valence-corrected chi connectivity index (χ4v) is 3.00. The van der Waals surface area contributed by atoms with Crippen molar-refractivity contribution in [1.29, 1.82) is 0 Å². The smallest absolute Gasteiger partial charge is 0.125 e. The quantitative estimate of drug-likeness (QED) is 0.896. The predicted octanol–water partition coefficient (Wildman–Crippen LogP) is 4.20. The third kappa shape index (κ3) is 3.76. The monoisotopic (exact) mass is 276 g/mol. The third-order valence-electron chi connectivity index (χ3n) is 4.60. The summed E-state index contributed by atoms with van der Waals surface area (Å²) in [4.78, 5) is 0. The van der Waals surface area contributed by atoms with Gasteiger partial charge in [-0.3, -0.25) is 0 Å². The number of aliphatic hydroxyl groups excluding tert-OH is 1. The van der Waals surface area contributed by atoms with E-state index in [0.717, 1.165) is 31.4 Å². The first-order chi connectivity index (χ1) is 9.40. The highest BCUT2D eigenvalue weighted by Gasteiger charge is 2.36. The summed E-state index contributed by atoms with van der Waals surface area (Å²) < 4.78 is 6.04. The molecule has 1 fully saturated rings. The summed E-state index contributed by atoms with van der Waals surface area (Å²) >= 11 is 0. The molecule has 1 aromatic carbocycles. The van der Waals surface area contributed by atoms with Gasteiger partial charge in [0.15, 0.2) is 0 Å². The van der Waals surface area contributed by atoms with Crippen LogP contribution in [0.25, 0.3) is 0 Å². The van der Waals surface area contributed by atoms with E-state index >= 15 is 0 Å². The number of rotatable bonds is 3. The van der Waals surface area contributed by atoms with Gasteiger partial charge >= 0.3 is 0 Å². The van der Waals surface area contributed by atoms with Gasteiger partial charge in [-0.15, -0.1) is 0 Å². The standard InChI is InChI=1S/C18H28O2/c1-5-13-6-9-15(10-7-13)20-17-12-14(18(2,3)4)8-11-16(17)19/h6-7,9-10,14,16-17,19H,5,8,11-12H2,1-4H3. The second kappa shape index (κ2) is 6.17. The van der Waals surface area contributed by atoms with E-state index in [-0.39, 0.29) is 17.6 Å². The summed E-state index contributed by atoms with van der Waals surface area (Å²) in [5.41, 5.74) is 1.60. The van der Waals surface area contributed by atoms with Gasteiger partial charge in [0.05, 0.1) is 6.10 Å². The van der Waals surface area contributed by atoms with Crippen LogP contribution >= 0.6 is 0 Å². The Hall–Kier alpha value is -1.02. The zero-order valence-electron chi connectivity index (χ0n) is 13.2. The highest BCUT2D eigenvalue weighted by molar-refractivity contribution is 5.27. The molecule has 1 N–H and O–H groups in total. The van der Waals surface area contributed by atoms with E-state index < -0.39 is 0 Å². The molecule has 2 heteroatoms. The maximum atomic E-state index is 10.2. The van der Waals surface area contributed by atoms with E-state index in [1.54, 1.807) is 0 Å². The van der Waals surface area contributed by atoms with E-state index in [1.807, 2.05) is 12.1 Å². The lowest BCUT2D eigenvalue weighted by atomic mass is 9.71. The van der Waals surface area contributed by atoms with Crippen molar-refractivity contribution < 1.29 is 9.84 Å². The van der Waals surface area contributed by atoms with Gasteiger partial charge in [0.2, 0.25) is 0 Å². The molecule has 3 unspecified atom stereocenters. The predicted molar refractivity (Wildman–Crippen MR) is 83.0 cm³/mol. The molecule has 1 aliphatic carbocycles. The van der Waals surface area contributed by atoms with Crippen molar-refractivity contribution in [3.05, 3.63) is 29.8 Å². The van der Waals surface area contributed by atoms with Gasteiger partial charge in [-0.05, 0) is 54.7 Å². The first-order valence-corrected chi connectivity index (χ1v) is 7.84. The molecule has 3 atom stereocenters. The summed E-state index contributed by atoms with van der Waals surface area (Å²) in [6.45, 7) is 8.99. The van der Waals surface area contributed by atoms with Crippen LogP contribution in [0.1, 0.15) is 52.5 Å².